The molecule has 0 spiro atoms. The predicted octanol–water partition coefficient (Wildman–Crippen LogP) is 3.16. The van der Waals surface area contributed by atoms with Gasteiger partial charge in [0.25, 0.3) is 0 Å². The van der Waals surface area contributed by atoms with E-state index in [9.17, 15) is 0 Å². The Balaban J connectivity index is 2.21. The van der Waals surface area contributed by atoms with Crippen LogP contribution in [0.1, 0.15) is 25.0 Å². The number of hydrogen-bond donors (Lipinski definition) is 1. The number of ether oxygens (including phenoxy) is 1. The van der Waals surface area contributed by atoms with Crippen molar-refractivity contribution in [2.45, 2.75) is 26.7 Å². The zero-order chi connectivity index (χ0) is 12.4. The first-order valence-electron chi connectivity index (χ1n) is 6.26. The molecule has 0 bridgehead atoms. The maximum absolute atomic E-state index is 5.75. The molecule has 1 heterocycles. The highest BCUT2D eigenvalue weighted by Crippen LogP contribution is 2.35. The summed E-state index contributed by atoms with van der Waals surface area (Å²) < 4.78 is 6.90. The van der Waals surface area contributed by atoms with Gasteiger partial charge in [0.2, 0.25) is 0 Å². The van der Waals surface area contributed by atoms with Crippen LogP contribution < -0.4 is 10.5 Å². The van der Waals surface area contributed by atoms with E-state index in [0.29, 0.717) is 11.8 Å². The van der Waals surface area contributed by atoms with Gasteiger partial charge in [-0.05, 0) is 48.1 Å². The van der Waals surface area contributed by atoms with Crippen molar-refractivity contribution in [3.8, 4) is 5.75 Å². The number of halogens is 1. The van der Waals surface area contributed by atoms with E-state index in [1.165, 1.54) is 11.1 Å². The standard InChI is InChI=1S/C14H20BrNO/c1-9(10(2)8-16)5-12-7-13(15)6-11-3-4-17-14(11)12/h6-7,9-10H,3-5,8,16H2,1-2H3. The van der Waals surface area contributed by atoms with Crippen LogP contribution in [0.3, 0.4) is 0 Å². The molecule has 0 radical (unpaired) electrons. The van der Waals surface area contributed by atoms with Gasteiger partial charge >= 0.3 is 0 Å². The van der Waals surface area contributed by atoms with E-state index in [2.05, 4.69) is 41.9 Å². The lowest BCUT2D eigenvalue weighted by Crippen LogP contribution is -2.20. The van der Waals surface area contributed by atoms with E-state index in [0.717, 1.165) is 36.2 Å². The summed E-state index contributed by atoms with van der Waals surface area (Å²) in [5.74, 6) is 2.25. The van der Waals surface area contributed by atoms with Gasteiger partial charge < -0.3 is 10.5 Å². The first-order chi connectivity index (χ1) is 8.11. The summed E-state index contributed by atoms with van der Waals surface area (Å²) in [7, 11) is 0. The summed E-state index contributed by atoms with van der Waals surface area (Å²) in [6, 6.07) is 4.35. The van der Waals surface area contributed by atoms with Crippen molar-refractivity contribution in [2.75, 3.05) is 13.2 Å². The van der Waals surface area contributed by atoms with E-state index in [1.807, 2.05) is 0 Å². The summed E-state index contributed by atoms with van der Waals surface area (Å²) in [4.78, 5) is 0. The molecule has 0 amide bonds. The van der Waals surface area contributed by atoms with Crippen LogP contribution >= 0.6 is 15.9 Å². The van der Waals surface area contributed by atoms with Crippen LogP contribution in [0.4, 0.5) is 0 Å². The molecule has 0 saturated heterocycles. The summed E-state index contributed by atoms with van der Waals surface area (Å²) in [5.41, 5.74) is 8.38. The largest absolute Gasteiger partial charge is 0.493 e. The van der Waals surface area contributed by atoms with Gasteiger partial charge in [-0.3, -0.25) is 0 Å². The third kappa shape index (κ3) is 2.83. The summed E-state index contributed by atoms with van der Waals surface area (Å²) in [6.45, 7) is 6.04. The van der Waals surface area contributed by atoms with Gasteiger partial charge in [0, 0.05) is 10.9 Å². The Labute approximate surface area is 112 Å². The smallest absolute Gasteiger partial charge is 0.125 e. The molecule has 1 aliphatic rings. The van der Waals surface area contributed by atoms with Gasteiger partial charge in [0.15, 0.2) is 0 Å². The van der Waals surface area contributed by atoms with Crippen molar-refractivity contribution in [3.05, 3.63) is 27.7 Å². The highest BCUT2D eigenvalue weighted by atomic mass is 79.9. The second kappa shape index (κ2) is 5.40. The zero-order valence-corrected chi connectivity index (χ0v) is 12.1. The Kier molecular flexibility index (Phi) is 4.10. The molecule has 2 N–H and O–H groups in total. The SMILES string of the molecule is CC(CN)C(C)Cc1cc(Br)cc2c1OCC2. The molecule has 0 aliphatic carbocycles. The molecule has 0 fully saturated rings. The van der Waals surface area contributed by atoms with Crippen LogP contribution in [0.25, 0.3) is 0 Å². The van der Waals surface area contributed by atoms with E-state index < -0.39 is 0 Å². The van der Waals surface area contributed by atoms with Crippen LogP contribution in [0.5, 0.6) is 5.75 Å². The molecular formula is C14H20BrNO. The third-order valence-corrected chi connectivity index (χ3v) is 4.17. The minimum Gasteiger partial charge on any atom is -0.493 e. The lowest BCUT2D eigenvalue weighted by Gasteiger charge is -2.19. The molecule has 1 aromatic carbocycles. The van der Waals surface area contributed by atoms with Crippen molar-refractivity contribution >= 4 is 15.9 Å². The van der Waals surface area contributed by atoms with Crippen LogP contribution in [-0.4, -0.2) is 13.2 Å². The topological polar surface area (TPSA) is 35.2 Å². The number of nitrogens with two attached hydrogens (primary N) is 1. The fourth-order valence-electron chi connectivity index (χ4n) is 2.28. The average molecular weight is 298 g/mol. The fourth-order valence-corrected chi connectivity index (χ4v) is 2.83. The Hall–Kier alpha value is -0.540. The van der Waals surface area contributed by atoms with Crippen molar-refractivity contribution in [1.82, 2.24) is 0 Å². The molecule has 17 heavy (non-hydrogen) atoms. The van der Waals surface area contributed by atoms with Crippen LogP contribution in [-0.2, 0) is 12.8 Å². The van der Waals surface area contributed by atoms with Gasteiger partial charge in [-0.2, -0.15) is 0 Å². The molecule has 1 aliphatic heterocycles. The molecule has 2 unspecified atom stereocenters. The molecule has 3 heteroatoms. The Morgan fingerprint density at radius 1 is 1.35 bits per heavy atom. The molecule has 2 atom stereocenters. The minimum atomic E-state index is 0.547. The van der Waals surface area contributed by atoms with Gasteiger partial charge in [-0.25, -0.2) is 0 Å². The van der Waals surface area contributed by atoms with E-state index in [-0.39, 0.29) is 0 Å². The van der Waals surface area contributed by atoms with Crippen molar-refractivity contribution in [3.63, 3.8) is 0 Å². The predicted molar refractivity (Wildman–Crippen MR) is 74.4 cm³/mol. The third-order valence-electron chi connectivity index (χ3n) is 3.71. The second-order valence-corrected chi connectivity index (χ2v) is 5.96. The maximum Gasteiger partial charge on any atom is 0.125 e. The molecule has 94 valence electrons. The normalized spacial score (nSPS) is 17.4. The van der Waals surface area contributed by atoms with Crippen LogP contribution in [0, 0.1) is 11.8 Å². The monoisotopic (exact) mass is 297 g/mol. The quantitative estimate of drug-likeness (QED) is 0.926. The lowest BCUT2D eigenvalue weighted by atomic mass is 9.89. The minimum absolute atomic E-state index is 0.547. The van der Waals surface area contributed by atoms with E-state index in [1.54, 1.807) is 0 Å². The fraction of sp³-hybridized carbons (Fsp3) is 0.571. The van der Waals surface area contributed by atoms with Gasteiger partial charge in [-0.15, -0.1) is 0 Å². The van der Waals surface area contributed by atoms with Gasteiger partial charge in [0.05, 0.1) is 6.61 Å². The number of rotatable bonds is 4. The Morgan fingerprint density at radius 2 is 2.12 bits per heavy atom. The molecule has 1 aromatic rings. The van der Waals surface area contributed by atoms with Crippen LogP contribution in [0.15, 0.2) is 16.6 Å². The summed E-state index contributed by atoms with van der Waals surface area (Å²) >= 11 is 3.58. The van der Waals surface area contributed by atoms with Gasteiger partial charge in [0.1, 0.15) is 5.75 Å². The molecule has 2 nitrogen and oxygen atoms in total. The highest BCUT2D eigenvalue weighted by molar-refractivity contribution is 9.10. The van der Waals surface area contributed by atoms with Crippen molar-refractivity contribution < 1.29 is 4.74 Å². The Morgan fingerprint density at radius 3 is 2.82 bits per heavy atom. The Bertz CT molecular complexity index is 405. The first-order valence-corrected chi connectivity index (χ1v) is 7.05. The highest BCUT2D eigenvalue weighted by Gasteiger charge is 2.20. The second-order valence-electron chi connectivity index (χ2n) is 5.05. The molecule has 2 rings (SSSR count). The lowest BCUT2D eigenvalue weighted by molar-refractivity contribution is 0.344. The number of benzene rings is 1. The first kappa shape index (κ1) is 12.9. The van der Waals surface area contributed by atoms with Crippen molar-refractivity contribution in [1.29, 1.82) is 0 Å². The summed E-state index contributed by atoms with van der Waals surface area (Å²) in [6.07, 6.45) is 2.07. The molecule has 0 saturated carbocycles. The number of fused-ring (bicyclic) bond motifs is 1. The maximum atomic E-state index is 5.75. The molecular weight excluding hydrogens is 278 g/mol. The van der Waals surface area contributed by atoms with Gasteiger partial charge in [-0.1, -0.05) is 29.8 Å². The molecule has 0 aromatic heterocycles. The zero-order valence-electron chi connectivity index (χ0n) is 10.5. The summed E-state index contributed by atoms with van der Waals surface area (Å²) in [5, 5.41) is 0. The number of hydrogen-bond acceptors (Lipinski definition) is 2. The van der Waals surface area contributed by atoms with Crippen molar-refractivity contribution in [2.24, 2.45) is 17.6 Å². The average Bonchev–Trinajstić information content (AvgIpc) is 2.75. The van der Waals surface area contributed by atoms with Crippen LogP contribution in [0.2, 0.25) is 0 Å². The van der Waals surface area contributed by atoms with E-state index in [4.69, 9.17) is 10.5 Å². The van der Waals surface area contributed by atoms with E-state index >= 15 is 0 Å².